The molecule has 3 aromatic carbocycles. The molecule has 0 aliphatic carbocycles. The second-order valence-corrected chi connectivity index (χ2v) is 11.2. The van der Waals surface area contributed by atoms with Crippen LogP contribution in [0.4, 0.5) is 0 Å². The number of benzene rings is 3. The van der Waals surface area contributed by atoms with Crippen LogP contribution in [0.3, 0.4) is 0 Å². The first-order valence-corrected chi connectivity index (χ1v) is 13.9. The monoisotopic (exact) mass is 532 g/mol. The molecule has 2 heterocycles. The van der Waals surface area contributed by atoms with Gasteiger partial charge in [0, 0.05) is 47.9 Å². The lowest BCUT2D eigenvalue weighted by Crippen LogP contribution is -2.34. The third-order valence-corrected chi connectivity index (χ3v) is 9.08. The minimum absolute atomic E-state index is 0.194. The number of methoxy groups -OCH3 is 3. The van der Waals surface area contributed by atoms with Crippen LogP contribution in [0.1, 0.15) is 23.2 Å². The quantitative estimate of drug-likeness (QED) is 0.300. The van der Waals surface area contributed by atoms with Gasteiger partial charge >= 0.3 is 0 Å². The van der Waals surface area contributed by atoms with Crippen molar-refractivity contribution in [2.75, 3.05) is 34.4 Å². The van der Waals surface area contributed by atoms with Crippen LogP contribution in [0.15, 0.2) is 77.7 Å². The molecule has 0 spiro atoms. The van der Waals surface area contributed by atoms with Crippen LogP contribution in [0, 0.1) is 6.92 Å². The lowest BCUT2D eigenvalue weighted by Gasteiger charge is -2.26. The molecule has 8 heteroatoms. The van der Waals surface area contributed by atoms with Gasteiger partial charge in [-0.3, -0.25) is 0 Å². The number of sulfonamides is 1. The zero-order chi connectivity index (χ0) is 26.9. The van der Waals surface area contributed by atoms with Crippen LogP contribution in [-0.2, 0) is 16.6 Å². The van der Waals surface area contributed by atoms with E-state index in [1.165, 1.54) is 52.4 Å². The van der Waals surface area contributed by atoms with Gasteiger partial charge in [0.1, 0.15) is 5.75 Å². The number of rotatable bonds is 8. The van der Waals surface area contributed by atoms with Crippen LogP contribution >= 0.6 is 0 Å². The van der Waals surface area contributed by atoms with Crippen molar-refractivity contribution in [3.63, 3.8) is 0 Å². The molecule has 0 N–H and O–H groups in total. The van der Waals surface area contributed by atoms with Gasteiger partial charge in [-0.05, 0) is 54.8 Å². The largest absolute Gasteiger partial charge is 0.497 e. The van der Waals surface area contributed by atoms with Crippen molar-refractivity contribution in [2.24, 2.45) is 0 Å². The van der Waals surface area contributed by atoms with Crippen molar-refractivity contribution in [1.82, 2.24) is 8.87 Å². The minimum Gasteiger partial charge on any atom is -0.497 e. The zero-order valence-electron chi connectivity index (χ0n) is 22.1. The highest BCUT2D eigenvalue weighted by Gasteiger charge is 2.29. The van der Waals surface area contributed by atoms with Crippen molar-refractivity contribution < 1.29 is 22.6 Å². The van der Waals surface area contributed by atoms with Crippen LogP contribution in [0.5, 0.6) is 17.2 Å². The van der Waals surface area contributed by atoms with Gasteiger partial charge in [-0.15, -0.1) is 0 Å². The number of aromatic nitrogens is 1. The van der Waals surface area contributed by atoms with E-state index in [1.54, 1.807) is 19.2 Å². The lowest BCUT2D eigenvalue weighted by molar-refractivity contribution is 0.353. The number of nitrogens with zero attached hydrogens (tertiary/aromatic N) is 2. The van der Waals surface area contributed by atoms with E-state index in [0.717, 1.165) is 17.8 Å². The summed E-state index contributed by atoms with van der Waals surface area (Å²) in [6.45, 7) is 3.60. The van der Waals surface area contributed by atoms with E-state index in [2.05, 4.69) is 47.9 Å². The Balaban J connectivity index is 1.45. The Labute approximate surface area is 223 Å². The van der Waals surface area contributed by atoms with Gasteiger partial charge < -0.3 is 18.8 Å². The van der Waals surface area contributed by atoms with Gasteiger partial charge in [0.25, 0.3) is 0 Å². The molecule has 1 aliphatic rings. The van der Waals surface area contributed by atoms with E-state index >= 15 is 0 Å². The summed E-state index contributed by atoms with van der Waals surface area (Å²) in [5.74, 6) is 1.72. The first-order chi connectivity index (χ1) is 18.4. The molecule has 0 atom stereocenters. The predicted octanol–water partition coefficient (Wildman–Crippen LogP) is 5.50. The van der Waals surface area contributed by atoms with Gasteiger partial charge in [0.2, 0.25) is 10.0 Å². The maximum absolute atomic E-state index is 13.4. The van der Waals surface area contributed by atoms with Crippen molar-refractivity contribution in [2.45, 2.75) is 24.8 Å². The van der Waals surface area contributed by atoms with Crippen LogP contribution in [-0.4, -0.2) is 51.7 Å². The molecule has 0 saturated carbocycles. The second kappa shape index (κ2) is 10.6. The summed E-state index contributed by atoms with van der Waals surface area (Å²) < 4.78 is 46.6. The number of hydrogen-bond donors (Lipinski definition) is 0. The second-order valence-electron chi connectivity index (χ2n) is 9.27. The molecular formula is C30H32N2O5S. The fraction of sp³-hybridized carbons (Fsp3) is 0.267. The molecule has 7 nitrogen and oxygen atoms in total. The first kappa shape index (κ1) is 25.9. The Morgan fingerprint density at radius 3 is 2.26 bits per heavy atom. The summed E-state index contributed by atoms with van der Waals surface area (Å²) in [6, 6.07) is 21.2. The Morgan fingerprint density at radius 1 is 0.868 bits per heavy atom. The summed E-state index contributed by atoms with van der Waals surface area (Å²) in [5, 5.41) is 1.18. The molecule has 4 aromatic rings. The normalized spacial score (nSPS) is 14.4. The molecule has 38 heavy (non-hydrogen) atoms. The Bertz CT molecular complexity index is 1600. The van der Waals surface area contributed by atoms with E-state index < -0.39 is 10.0 Å². The minimum atomic E-state index is -3.68. The Kier molecular flexibility index (Phi) is 7.19. The van der Waals surface area contributed by atoms with Crippen molar-refractivity contribution >= 4 is 26.5 Å². The van der Waals surface area contributed by atoms with E-state index in [0.29, 0.717) is 31.0 Å². The molecule has 0 amide bonds. The third kappa shape index (κ3) is 4.66. The molecule has 1 aliphatic heterocycles. The fourth-order valence-corrected chi connectivity index (χ4v) is 6.57. The lowest BCUT2D eigenvalue weighted by atomic mass is 9.97. The summed E-state index contributed by atoms with van der Waals surface area (Å²) in [7, 11) is 1.01. The average Bonchev–Trinajstić information content (AvgIpc) is 3.23. The van der Waals surface area contributed by atoms with E-state index in [9.17, 15) is 8.42 Å². The Morgan fingerprint density at radius 2 is 1.61 bits per heavy atom. The molecule has 0 bridgehead atoms. The maximum atomic E-state index is 13.4. The van der Waals surface area contributed by atoms with Gasteiger partial charge in [-0.1, -0.05) is 36.4 Å². The topological polar surface area (TPSA) is 70.0 Å². The summed E-state index contributed by atoms with van der Waals surface area (Å²) in [5.41, 5.74) is 5.88. The fourth-order valence-electron chi connectivity index (χ4n) is 5.18. The summed E-state index contributed by atoms with van der Waals surface area (Å²) in [4.78, 5) is 0.194. The van der Waals surface area contributed by atoms with Crippen LogP contribution in [0.25, 0.3) is 16.5 Å². The van der Waals surface area contributed by atoms with Gasteiger partial charge in [-0.25, -0.2) is 8.42 Å². The molecule has 0 unspecified atom stereocenters. The van der Waals surface area contributed by atoms with E-state index in [1.807, 2.05) is 18.2 Å². The van der Waals surface area contributed by atoms with Crippen molar-refractivity contribution in [3.8, 4) is 17.2 Å². The standard InChI is InChI=1S/C30H32N2O5S/c1-21-30(26-7-5-6-8-27(26)32(21)20-22-9-11-24(35-2)12-10-22)23-15-17-31(18-16-23)38(33,34)25-13-14-28(36-3)29(19-25)37-4/h5-15,19H,16-18,20H2,1-4H3. The molecule has 0 saturated heterocycles. The van der Waals surface area contributed by atoms with Gasteiger partial charge in [-0.2, -0.15) is 4.31 Å². The van der Waals surface area contributed by atoms with Gasteiger partial charge in [0.05, 0.1) is 26.2 Å². The molecule has 5 rings (SSSR count). The SMILES string of the molecule is COc1ccc(Cn2c(C)c(C3=CCN(S(=O)(=O)c4ccc(OC)c(OC)c4)CC3)c3ccccc32)cc1. The first-order valence-electron chi connectivity index (χ1n) is 12.5. The third-order valence-electron chi connectivity index (χ3n) is 7.22. The maximum Gasteiger partial charge on any atom is 0.243 e. The average molecular weight is 533 g/mol. The molecular weight excluding hydrogens is 500 g/mol. The predicted molar refractivity (Wildman–Crippen MR) is 150 cm³/mol. The van der Waals surface area contributed by atoms with Crippen molar-refractivity contribution in [3.05, 3.63) is 89.6 Å². The van der Waals surface area contributed by atoms with Crippen LogP contribution in [0.2, 0.25) is 0 Å². The van der Waals surface area contributed by atoms with Gasteiger partial charge in [0.15, 0.2) is 11.5 Å². The highest BCUT2D eigenvalue weighted by atomic mass is 32.2. The highest BCUT2D eigenvalue weighted by molar-refractivity contribution is 7.89. The molecule has 0 radical (unpaired) electrons. The molecule has 1 aromatic heterocycles. The number of para-hydroxylation sites is 1. The zero-order valence-corrected chi connectivity index (χ0v) is 22.9. The number of ether oxygens (including phenoxy) is 3. The smallest absolute Gasteiger partial charge is 0.243 e. The van der Waals surface area contributed by atoms with Crippen LogP contribution < -0.4 is 14.2 Å². The number of fused-ring (bicyclic) bond motifs is 1. The summed E-state index contributed by atoms with van der Waals surface area (Å²) in [6.07, 6.45) is 2.68. The number of hydrogen-bond acceptors (Lipinski definition) is 5. The van der Waals surface area contributed by atoms with Crippen molar-refractivity contribution in [1.29, 1.82) is 0 Å². The summed E-state index contributed by atoms with van der Waals surface area (Å²) >= 11 is 0. The van der Waals surface area contributed by atoms with E-state index in [-0.39, 0.29) is 4.90 Å². The Hall–Kier alpha value is -3.75. The molecule has 0 fully saturated rings. The molecule has 198 valence electrons. The van der Waals surface area contributed by atoms with E-state index in [4.69, 9.17) is 14.2 Å². The highest BCUT2D eigenvalue weighted by Crippen LogP contribution is 2.37.